The summed E-state index contributed by atoms with van der Waals surface area (Å²) in [5, 5.41) is 0. The molecule has 1 saturated heterocycles. The molecule has 0 bridgehead atoms. The van der Waals surface area contributed by atoms with Gasteiger partial charge in [0.2, 0.25) is 0 Å². The number of hydrogen-bond donors (Lipinski definition) is 0. The number of alkyl halides is 1. The summed E-state index contributed by atoms with van der Waals surface area (Å²) in [5.41, 5.74) is -0.447. The van der Waals surface area contributed by atoms with Crippen LogP contribution in [-0.4, -0.2) is 47.2 Å². The second-order valence-corrected chi connectivity index (χ2v) is 7.90. The van der Waals surface area contributed by atoms with Gasteiger partial charge >= 0.3 is 6.09 Å². The van der Waals surface area contributed by atoms with E-state index < -0.39 is 5.60 Å². The molecule has 0 spiro atoms. The van der Waals surface area contributed by atoms with Crippen molar-refractivity contribution < 1.29 is 14.3 Å². The van der Waals surface area contributed by atoms with Gasteiger partial charge in [0.05, 0.1) is 17.5 Å². The minimum atomic E-state index is -0.447. The van der Waals surface area contributed by atoms with Gasteiger partial charge in [0.1, 0.15) is 5.60 Å². The molecular formula is C16H30BrNO3. The third kappa shape index (κ3) is 7.50. The Bertz CT molecular complexity index is 317. The van der Waals surface area contributed by atoms with Crippen molar-refractivity contribution in [3.05, 3.63) is 0 Å². The maximum Gasteiger partial charge on any atom is 0.410 e. The fourth-order valence-corrected chi connectivity index (χ4v) is 2.98. The number of carbonyl (C=O) groups is 1. The van der Waals surface area contributed by atoms with Crippen molar-refractivity contribution in [1.82, 2.24) is 4.90 Å². The van der Waals surface area contributed by atoms with E-state index in [9.17, 15) is 4.79 Å². The number of halogens is 1. The lowest BCUT2D eigenvalue weighted by atomic mass is 10.2. The third-order valence-electron chi connectivity index (χ3n) is 3.43. The molecule has 1 amide bonds. The zero-order chi connectivity index (χ0) is 15.9. The van der Waals surface area contributed by atoms with Crippen LogP contribution in [-0.2, 0) is 9.47 Å². The number of unbranched alkanes of at least 4 members (excludes halogenated alkanes) is 4. The molecule has 1 heterocycles. The normalized spacial score (nSPS) is 22.6. The van der Waals surface area contributed by atoms with Crippen molar-refractivity contribution in [2.24, 2.45) is 0 Å². The van der Waals surface area contributed by atoms with E-state index >= 15 is 0 Å². The van der Waals surface area contributed by atoms with Crippen LogP contribution in [0.25, 0.3) is 0 Å². The number of nitrogens with zero attached hydrogens (tertiary/aromatic N) is 1. The predicted molar refractivity (Wildman–Crippen MR) is 89.0 cm³/mol. The van der Waals surface area contributed by atoms with Crippen molar-refractivity contribution >= 4 is 22.0 Å². The molecule has 2 unspecified atom stereocenters. The number of likely N-dealkylation sites (tertiary alicyclic amines) is 1. The summed E-state index contributed by atoms with van der Waals surface area (Å²) in [4.78, 5) is 14.0. The first-order chi connectivity index (χ1) is 9.83. The van der Waals surface area contributed by atoms with E-state index in [2.05, 4.69) is 22.9 Å². The third-order valence-corrected chi connectivity index (χ3v) is 4.31. The maximum absolute atomic E-state index is 12.0. The highest BCUT2D eigenvalue weighted by atomic mass is 79.9. The predicted octanol–water partition coefficient (Wildman–Crippen LogP) is 4.36. The highest BCUT2D eigenvalue weighted by Gasteiger charge is 2.36. The van der Waals surface area contributed by atoms with E-state index in [1.54, 1.807) is 4.90 Å². The lowest BCUT2D eigenvalue weighted by molar-refractivity contribution is 0.0209. The van der Waals surface area contributed by atoms with Crippen LogP contribution in [0.2, 0.25) is 0 Å². The van der Waals surface area contributed by atoms with Crippen molar-refractivity contribution in [3.63, 3.8) is 0 Å². The van der Waals surface area contributed by atoms with Gasteiger partial charge in [0, 0.05) is 13.2 Å². The molecule has 0 aromatic carbocycles. The lowest BCUT2D eigenvalue weighted by Gasteiger charge is -2.24. The van der Waals surface area contributed by atoms with E-state index in [0.29, 0.717) is 13.1 Å². The van der Waals surface area contributed by atoms with Crippen LogP contribution in [0, 0.1) is 0 Å². The summed E-state index contributed by atoms with van der Waals surface area (Å²) >= 11 is 3.61. The van der Waals surface area contributed by atoms with Gasteiger partial charge < -0.3 is 14.4 Å². The number of rotatable bonds is 7. The SMILES string of the molecule is CCCCCCCOC1CN(C(=O)OC(C)(C)C)CC1Br. The fraction of sp³-hybridized carbons (Fsp3) is 0.938. The fourth-order valence-electron chi connectivity index (χ4n) is 2.31. The van der Waals surface area contributed by atoms with Gasteiger partial charge in [-0.2, -0.15) is 0 Å². The van der Waals surface area contributed by atoms with Gasteiger partial charge in [-0.3, -0.25) is 0 Å². The first-order valence-electron chi connectivity index (χ1n) is 8.07. The molecule has 0 saturated carbocycles. The lowest BCUT2D eigenvalue weighted by Crippen LogP contribution is -2.36. The van der Waals surface area contributed by atoms with Gasteiger partial charge in [-0.25, -0.2) is 4.79 Å². The molecule has 21 heavy (non-hydrogen) atoms. The summed E-state index contributed by atoms with van der Waals surface area (Å²) < 4.78 is 11.3. The average molecular weight is 364 g/mol. The Morgan fingerprint density at radius 1 is 1.19 bits per heavy atom. The average Bonchev–Trinajstić information content (AvgIpc) is 2.73. The molecule has 0 radical (unpaired) electrons. The quantitative estimate of drug-likeness (QED) is 0.498. The first kappa shape index (κ1) is 18.8. The summed E-state index contributed by atoms with van der Waals surface area (Å²) in [6.07, 6.45) is 6.00. The minimum Gasteiger partial charge on any atom is -0.444 e. The summed E-state index contributed by atoms with van der Waals surface area (Å²) in [6.45, 7) is 9.91. The Morgan fingerprint density at radius 3 is 2.48 bits per heavy atom. The standard InChI is InChI=1S/C16H30BrNO3/c1-5-6-7-8-9-10-20-14-12-18(11-13(14)17)15(19)21-16(2,3)4/h13-14H,5-12H2,1-4H3. The van der Waals surface area contributed by atoms with Gasteiger partial charge in [-0.05, 0) is 27.2 Å². The second kappa shape index (κ2) is 8.99. The Hall–Kier alpha value is -0.290. The van der Waals surface area contributed by atoms with Gasteiger partial charge in [0.25, 0.3) is 0 Å². The topological polar surface area (TPSA) is 38.8 Å². The molecule has 0 aliphatic carbocycles. The molecule has 0 N–H and O–H groups in total. The van der Waals surface area contributed by atoms with Gasteiger partial charge in [-0.15, -0.1) is 0 Å². The van der Waals surface area contributed by atoms with Crippen molar-refractivity contribution in [2.45, 2.75) is 76.3 Å². The molecule has 4 nitrogen and oxygen atoms in total. The summed E-state index contributed by atoms with van der Waals surface area (Å²) in [7, 11) is 0. The molecule has 124 valence electrons. The summed E-state index contributed by atoms with van der Waals surface area (Å²) in [5.74, 6) is 0. The van der Waals surface area contributed by atoms with Crippen LogP contribution in [0.1, 0.15) is 59.8 Å². The molecule has 1 aliphatic rings. The maximum atomic E-state index is 12.0. The van der Waals surface area contributed by atoms with Crippen LogP contribution in [0.3, 0.4) is 0 Å². The van der Waals surface area contributed by atoms with Crippen molar-refractivity contribution in [3.8, 4) is 0 Å². The number of carbonyl (C=O) groups excluding carboxylic acids is 1. The second-order valence-electron chi connectivity index (χ2n) is 6.72. The van der Waals surface area contributed by atoms with Crippen LogP contribution in [0.4, 0.5) is 4.79 Å². The molecule has 1 aliphatic heterocycles. The number of amides is 1. The zero-order valence-corrected chi connectivity index (χ0v) is 15.4. The molecule has 5 heteroatoms. The molecule has 1 fully saturated rings. The molecule has 1 rings (SSSR count). The highest BCUT2D eigenvalue weighted by Crippen LogP contribution is 2.23. The van der Waals surface area contributed by atoms with Crippen molar-refractivity contribution in [1.29, 1.82) is 0 Å². The van der Waals surface area contributed by atoms with E-state index in [1.165, 1.54) is 25.7 Å². The number of ether oxygens (including phenoxy) is 2. The smallest absolute Gasteiger partial charge is 0.410 e. The van der Waals surface area contributed by atoms with Crippen LogP contribution >= 0.6 is 15.9 Å². The van der Waals surface area contributed by atoms with E-state index in [-0.39, 0.29) is 17.0 Å². The molecule has 2 atom stereocenters. The Morgan fingerprint density at radius 2 is 1.86 bits per heavy atom. The van der Waals surface area contributed by atoms with E-state index in [0.717, 1.165) is 13.0 Å². The molecule has 0 aromatic heterocycles. The molecular weight excluding hydrogens is 334 g/mol. The molecule has 0 aromatic rings. The largest absolute Gasteiger partial charge is 0.444 e. The van der Waals surface area contributed by atoms with Gasteiger partial charge in [-0.1, -0.05) is 48.5 Å². The van der Waals surface area contributed by atoms with Crippen LogP contribution < -0.4 is 0 Å². The monoisotopic (exact) mass is 363 g/mol. The van der Waals surface area contributed by atoms with Crippen LogP contribution in [0.15, 0.2) is 0 Å². The zero-order valence-electron chi connectivity index (χ0n) is 13.9. The minimum absolute atomic E-state index is 0.0729. The van der Waals surface area contributed by atoms with Crippen LogP contribution in [0.5, 0.6) is 0 Å². The van der Waals surface area contributed by atoms with E-state index in [4.69, 9.17) is 9.47 Å². The van der Waals surface area contributed by atoms with Crippen molar-refractivity contribution in [2.75, 3.05) is 19.7 Å². The van der Waals surface area contributed by atoms with E-state index in [1.807, 2.05) is 20.8 Å². The van der Waals surface area contributed by atoms with Gasteiger partial charge in [0.15, 0.2) is 0 Å². The first-order valence-corrected chi connectivity index (χ1v) is 8.98. The summed E-state index contributed by atoms with van der Waals surface area (Å²) in [6, 6.07) is 0. The number of hydrogen-bond acceptors (Lipinski definition) is 3. The Labute approximate surface area is 137 Å². The Kier molecular flexibility index (Phi) is 8.03. The highest BCUT2D eigenvalue weighted by molar-refractivity contribution is 9.09. The Balaban J connectivity index is 2.24.